The van der Waals surface area contributed by atoms with Gasteiger partial charge in [-0.3, -0.25) is 0 Å². The third-order valence-corrected chi connectivity index (χ3v) is 5.56. The van der Waals surface area contributed by atoms with E-state index in [-0.39, 0.29) is 13.2 Å². The van der Waals surface area contributed by atoms with Crippen LogP contribution in [0.1, 0.15) is 23.7 Å². The van der Waals surface area contributed by atoms with Crippen molar-refractivity contribution in [3.8, 4) is 0 Å². The lowest BCUT2D eigenvalue weighted by Gasteiger charge is -2.41. The fourth-order valence-corrected chi connectivity index (χ4v) is 3.85. The monoisotopic (exact) mass is 426 g/mol. The standard InChI is InChI=1S/C20H20Cl2O6/c21-13-7-3-1-5-11(13)19-25-10-16(27-19)18-17(24)15(9-23)26-20(28-18)12-6-2-4-8-14(12)22/h1-8,15-20,23-24H,9-10H2/t15-,16+,17-,18-,19?,20?/m0/s1. The van der Waals surface area contributed by atoms with Crippen LogP contribution in [0.15, 0.2) is 48.5 Å². The summed E-state index contributed by atoms with van der Waals surface area (Å²) in [5, 5.41) is 21.3. The van der Waals surface area contributed by atoms with Crippen LogP contribution in [0.3, 0.4) is 0 Å². The van der Waals surface area contributed by atoms with Gasteiger partial charge in [-0.2, -0.15) is 0 Å². The average molecular weight is 427 g/mol. The molecule has 0 bridgehead atoms. The zero-order valence-corrected chi connectivity index (χ0v) is 16.3. The van der Waals surface area contributed by atoms with Crippen molar-refractivity contribution >= 4 is 23.2 Å². The zero-order valence-electron chi connectivity index (χ0n) is 14.8. The highest BCUT2D eigenvalue weighted by atomic mass is 35.5. The van der Waals surface area contributed by atoms with Gasteiger partial charge in [0.1, 0.15) is 24.4 Å². The molecule has 150 valence electrons. The van der Waals surface area contributed by atoms with E-state index in [1.807, 2.05) is 24.3 Å². The Morgan fingerprint density at radius 1 is 0.857 bits per heavy atom. The first kappa shape index (κ1) is 20.1. The predicted octanol–water partition coefficient (Wildman–Crippen LogP) is 3.24. The van der Waals surface area contributed by atoms with Gasteiger partial charge in [0.25, 0.3) is 0 Å². The van der Waals surface area contributed by atoms with Gasteiger partial charge >= 0.3 is 0 Å². The van der Waals surface area contributed by atoms with Crippen molar-refractivity contribution in [2.45, 2.75) is 37.0 Å². The molecule has 2 N–H and O–H groups in total. The Morgan fingerprint density at radius 2 is 1.46 bits per heavy atom. The fraction of sp³-hybridized carbons (Fsp3) is 0.400. The smallest absolute Gasteiger partial charge is 0.186 e. The van der Waals surface area contributed by atoms with Crippen LogP contribution >= 0.6 is 23.2 Å². The van der Waals surface area contributed by atoms with Crippen LogP contribution < -0.4 is 0 Å². The summed E-state index contributed by atoms with van der Waals surface area (Å²) in [6.07, 6.45) is -4.80. The summed E-state index contributed by atoms with van der Waals surface area (Å²) in [6, 6.07) is 14.3. The number of rotatable bonds is 4. The van der Waals surface area contributed by atoms with E-state index in [9.17, 15) is 10.2 Å². The SMILES string of the molecule is OC[C@@H]1OC(c2ccccc2Cl)O[C@@H]([C@H]2COC(c3ccccc3Cl)O2)[C@H]1O. The number of halogens is 2. The third kappa shape index (κ3) is 3.92. The maximum absolute atomic E-state index is 10.6. The molecule has 2 aliphatic rings. The van der Waals surface area contributed by atoms with Crippen LogP contribution in [0.25, 0.3) is 0 Å². The maximum Gasteiger partial charge on any atom is 0.186 e. The normalized spacial score (nSPS) is 33.1. The van der Waals surface area contributed by atoms with Crippen molar-refractivity contribution in [2.24, 2.45) is 0 Å². The van der Waals surface area contributed by atoms with Crippen molar-refractivity contribution in [3.05, 3.63) is 69.7 Å². The van der Waals surface area contributed by atoms with Gasteiger partial charge in [0.15, 0.2) is 12.6 Å². The molecule has 2 heterocycles. The summed E-state index contributed by atoms with van der Waals surface area (Å²) in [6.45, 7) is -0.172. The molecule has 2 aromatic carbocycles. The van der Waals surface area contributed by atoms with E-state index in [0.717, 1.165) is 0 Å². The molecule has 2 unspecified atom stereocenters. The summed E-state index contributed by atoms with van der Waals surface area (Å²) in [5.41, 5.74) is 1.32. The summed E-state index contributed by atoms with van der Waals surface area (Å²) in [5.74, 6) is 0. The van der Waals surface area contributed by atoms with E-state index in [4.69, 9.17) is 42.1 Å². The number of aliphatic hydroxyl groups is 2. The minimum Gasteiger partial charge on any atom is -0.394 e. The van der Waals surface area contributed by atoms with Gasteiger partial charge < -0.3 is 29.2 Å². The first-order chi connectivity index (χ1) is 13.6. The summed E-state index contributed by atoms with van der Waals surface area (Å²) in [7, 11) is 0. The Morgan fingerprint density at radius 3 is 2.07 bits per heavy atom. The molecular formula is C20H20Cl2O6. The van der Waals surface area contributed by atoms with E-state index in [0.29, 0.717) is 21.2 Å². The topological polar surface area (TPSA) is 77.4 Å². The predicted molar refractivity (Wildman–Crippen MR) is 102 cm³/mol. The molecule has 0 aromatic heterocycles. The quantitative estimate of drug-likeness (QED) is 0.781. The van der Waals surface area contributed by atoms with Crippen LogP contribution in [0.5, 0.6) is 0 Å². The molecule has 2 fully saturated rings. The molecule has 0 aliphatic carbocycles. The van der Waals surface area contributed by atoms with E-state index in [1.165, 1.54) is 0 Å². The number of hydrogen-bond donors (Lipinski definition) is 2. The van der Waals surface area contributed by atoms with E-state index in [1.54, 1.807) is 24.3 Å². The summed E-state index contributed by atoms with van der Waals surface area (Å²) >= 11 is 12.5. The van der Waals surface area contributed by atoms with E-state index >= 15 is 0 Å². The third-order valence-electron chi connectivity index (χ3n) is 4.87. The van der Waals surface area contributed by atoms with Crippen molar-refractivity contribution < 1.29 is 29.2 Å². The lowest BCUT2D eigenvalue weighted by Crippen LogP contribution is -2.54. The zero-order chi connectivity index (χ0) is 19.7. The number of benzene rings is 2. The summed E-state index contributed by atoms with van der Waals surface area (Å²) < 4.78 is 23.4. The number of ether oxygens (including phenoxy) is 4. The Kier molecular flexibility index (Phi) is 6.20. The van der Waals surface area contributed by atoms with Crippen molar-refractivity contribution in [1.82, 2.24) is 0 Å². The molecule has 28 heavy (non-hydrogen) atoms. The van der Waals surface area contributed by atoms with Gasteiger partial charge in [-0.05, 0) is 12.1 Å². The fourth-order valence-electron chi connectivity index (χ4n) is 3.40. The summed E-state index contributed by atoms with van der Waals surface area (Å²) in [4.78, 5) is 0. The highest BCUT2D eigenvalue weighted by Gasteiger charge is 2.46. The van der Waals surface area contributed by atoms with Crippen molar-refractivity contribution in [1.29, 1.82) is 0 Å². The van der Waals surface area contributed by atoms with Crippen molar-refractivity contribution in [3.63, 3.8) is 0 Å². The van der Waals surface area contributed by atoms with Gasteiger partial charge in [-0.25, -0.2) is 0 Å². The Balaban J connectivity index is 1.54. The first-order valence-corrected chi connectivity index (χ1v) is 9.70. The van der Waals surface area contributed by atoms with Crippen LogP contribution in [-0.4, -0.2) is 47.8 Å². The van der Waals surface area contributed by atoms with E-state index < -0.39 is 37.0 Å². The van der Waals surface area contributed by atoms with Gasteiger partial charge in [0.2, 0.25) is 0 Å². The molecule has 0 spiro atoms. The highest BCUT2D eigenvalue weighted by molar-refractivity contribution is 6.31. The minimum atomic E-state index is -1.10. The van der Waals surface area contributed by atoms with Gasteiger partial charge in [-0.1, -0.05) is 59.6 Å². The lowest BCUT2D eigenvalue weighted by molar-refractivity contribution is -0.310. The maximum atomic E-state index is 10.6. The number of aliphatic hydroxyl groups excluding tert-OH is 2. The van der Waals surface area contributed by atoms with Crippen LogP contribution in [0.2, 0.25) is 10.0 Å². The number of hydrogen-bond acceptors (Lipinski definition) is 6. The first-order valence-electron chi connectivity index (χ1n) is 8.94. The lowest BCUT2D eigenvalue weighted by atomic mass is 10.0. The second-order valence-corrected chi connectivity index (χ2v) is 7.48. The highest BCUT2D eigenvalue weighted by Crippen LogP contribution is 2.39. The molecule has 4 rings (SSSR count). The largest absolute Gasteiger partial charge is 0.394 e. The second kappa shape index (κ2) is 8.65. The molecule has 0 saturated carbocycles. The molecule has 0 radical (unpaired) electrons. The van der Waals surface area contributed by atoms with Gasteiger partial charge in [0.05, 0.1) is 13.2 Å². The van der Waals surface area contributed by atoms with Crippen LogP contribution in [0.4, 0.5) is 0 Å². The molecule has 2 aromatic rings. The molecule has 2 aliphatic heterocycles. The minimum absolute atomic E-state index is 0.199. The van der Waals surface area contributed by atoms with Crippen LogP contribution in [0, 0.1) is 0 Å². The second-order valence-electron chi connectivity index (χ2n) is 6.66. The Hall–Kier alpha value is -1.22. The molecule has 6 atom stereocenters. The molecule has 8 heteroatoms. The van der Waals surface area contributed by atoms with Crippen molar-refractivity contribution in [2.75, 3.05) is 13.2 Å². The van der Waals surface area contributed by atoms with Crippen LogP contribution in [-0.2, 0) is 18.9 Å². The Bertz CT molecular complexity index is 819. The van der Waals surface area contributed by atoms with Gasteiger partial charge in [0, 0.05) is 21.2 Å². The molecule has 0 amide bonds. The molecule has 2 saturated heterocycles. The Labute approximate surface area is 172 Å². The molecular weight excluding hydrogens is 407 g/mol. The van der Waals surface area contributed by atoms with E-state index in [2.05, 4.69) is 0 Å². The average Bonchev–Trinajstić information content (AvgIpc) is 3.19. The molecule has 6 nitrogen and oxygen atoms in total. The van der Waals surface area contributed by atoms with Gasteiger partial charge in [-0.15, -0.1) is 0 Å².